The van der Waals surface area contributed by atoms with Gasteiger partial charge in [-0.1, -0.05) is 24.3 Å². The van der Waals surface area contributed by atoms with E-state index in [-0.39, 0.29) is 36.9 Å². The maximum atomic E-state index is 13.2. The molecule has 1 aliphatic carbocycles. The van der Waals surface area contributed by atoms with E-state index in [0.717, 1.165) is 25.0 Å². The normalized spacial score (nSPS) is 14.0. The molecule has 186 valence electrons. The van der Waals surface area contributed by atoms with Gasteiger partial charge in [0.05, 0.1) is 16.5 Å². The number of aromatic nitrogens is 2. The third-order valence-corrected chi connectivity index (χ3v) is 6.15. The molecule has 0 radical (unpaired) electrons. The number of fused-ring (bicyclic) bond motifs is 1. The predicted molar refractivity (Wildman–Crippen MR) is 128 cm³/mol. The van der Waals surface area contributed by atoms with Crippen molar-refractivity contribution in [1.82, 2.24) is 19.4 Å². The quantitative estimate of drug-likeness (QED) is 0.453. The summed E-state index contributed by atoms with van der Waals surface area (Å²) in [5, 5.41) is 0.562. The number of likely N-dealkylation sites (N-methyl/N-ethyl adjacent to an activating group) is 1. The Kier molecular flexibility index (Phi) is 7.25. The molecule has 1 amide bonds. The topological polar surface area (TPSA) is 58.4 Å². The van der Waals surface area contributed by atoms with Crippen LogP contribution >= 0.6 is 0 Å². The Labute approximate surface area is 202 Å². The molecule has 0 aliphatic heterocycles. The van der Waals surface area contributed by atoms with Crippen LogP contribution in [0, 0.1) is 0 Å². The molecule has 2 aromatic carbocycles. The minimum atomic E-state index is -4.44. The molecular formula is C26H29F3N4O2. The number of aryl methyl sites for hydroxylation is 1. The highest BCUT2D eigenvalue weighted by atomic mass is 19.4. The Morgan fingerprint density at radius 3 is 2.51 bits per heavy atom. The van der Waals surface area contributed by atoms with E-state index in [1.54, 1.807) is 27.7 Å². The highest BCUT2D eigenvalue weighted by molar-refractivity contribution is 5.78. The van der Waals surface area contributed by atoms with E-state index >= 15 is 0 Å². The Balaban J connectivity index is 1.54. The molecule has 9 heteroatoms. The fourth-order valence-electron chi connectivity index (χ4n) is 4.13. The Morgan fingerprint density at radius 1 is 1.09 bits per heavy atom. The van der Waals surface area contributed by atoms with Crippen molar-refractivity contribution in [3.63, 3.8) is 0 Å². The number of hydrogen-bond donors (Lipinski definition) is 0. The maximum Gasteiger partial charge on any atom is 0.416 e. The minimum absolute atomic E-state index is 0.0805. The second kappa shape index (κ2) is 10.2. The highest BCUT2D eigenvalue weighted by Crippen LogP contribution is 2.35. The molecule has 1 fully saturated rings. The number of nitrogens with zero attached hydrogens (tertiary/aromatic N) is 4. The van der Waals surface area contributed by atoms with Crippen LogP contribution in [0.3, 0.4) is 0 Å². The van der Waals surface area contributed by atoms with Crippen molar-refractivity contribution in [1.29, 1.82) is 0 Å². The van der Waals surface area contributed by atoms with Gasteiger partial charge in [0.1, 0.15) is 5.82 Å². The monoisotopic (exact) mass is 486 g/mol. The molecule has 1 heterocycles. The van der Waals surface area contributed by atoms with Crippen LogP contribution < -0.4 is 5.56 Å². The molecule has 0 saturated heterocycles. The van der Waals surface area contributed by atoms with E-state index in [1.165, 1.54) is 6.07 Å². The van der Waals surface area contributed by atoms with E-state index < -0.39 is 11.7 Å². The lowest BCUT2D eigenvalue weighted by atomic mass is 10.1. The average Bonchev–Trinajstić information content (AvgIpc) is 3.65. The van der Waals surface area contributed by atoms with Gasteiger partial charge in [-0.2, -0.15) is 13.2 Å². The third-order valence-electron chi connectivity index (χ3n) is 6.15. The zero-order chi connectivity index (χ0) is 25.2. The van der Waals surface area contributed by atoms with Gasteiger partial charge >= 0.3 is 6.18 Å². The first-order valence-corrected chi connectivity index (χ1v) is 11.7. The lowest BCUT2D eigenvalue weighted by molar-refractivity contribution is -0.137. The van der Waals surface area contributed by atoms with Crippen molar-refractivity contribution in [3.05, 3.63) is 75.8 Å². The molecule has 0 N–H and O–H groups in total. The van der Waals surface area contributed by atoms with Crippen LogP contribution in [0.1, 0.15) is 42.3 Å². The van der Waals surface area contributed by atoms with Gasteiger partial charge in [0.2, 0.25) is 5.91 Å². The van der Waals surface area contributed by atoms with Crippen molar-refractivity contribution in [3.8, 4) is 0 Å². The number of rotatable bonds is 9. The Hall–Kier alpha value is -3.20. The largest absolute Gasteiger partial charge is 0.416 e. The lowest BCUT2D eigenvalue weighted by Gasteiger charge is -2.25. The summed E-state index contributed by atoms with van der Waals surface area (Å²) in [5.74, 6) is 0.394. The number of para-hydroxylation sites is 1. The van der Waals surface area contributed by atoms with E-state index in [4.69, 9.17) is 0 Å². The van der Waals surface area contributed by atoms with Crippen LogP contribution in [-0.2, 0) is 23.9 Å². The zero-order valence-electron chi connectivity index (χ0n) is 19.9. The first-order valence-electron chi connectivity index (χ1n) is 11.7. The van der Waals surface area contributed by atoms with Gasteiger partial charge in [-0.05, 0) is 56.8 Å². The van der Waals surface area contributed by atoms with Crippen molar-refractivity contribution in [2.75, 3.05) is 27.2 Å². The highest BCUT2D eigenvalue weighted by Gasteiger charge is 2.31. The smallest absolute Gasteiger partial charge is 0.337 e. The number of carbonyl (C=O) groups excluding carboxylic acids is 1. The predicted octanol–water partition coefficient (Wildman–Crippen LogP) is 4.27. The van der Waals surface area contributed by atoms with Crippen LogP contribution in [-0.4, -0.2) is 52.4 Å². The summed E-state index contributed by atoms with van der Waals surface area (Å²) in [6, 6.07) is 12.4. The molecular weight excluding hydrogens is 457 g/mol. The van der Waals surface area contributed by atoms with Gasteiger partial charge in [0, 0.05) is 38.5 Å². The van der Waals surface area contributed by atoms with Gasteiger partial charge in [0.25, 0.3) is 5.56 Å². The SMILES string of the molecule is CN(C)CCN(Cc1cccc(C(F)(F)F)c1)C(=O)CCc1nc2ccccc2c(=O)n1C1CC1. The molecule has 0 bridgehead atoms. The summed E-state index contributed by atoms with van der Waals surface area (Å²) in [5.41, 5.74) is 0.203. The zero-order valence-corrected chi connectivity index (χ0v) is 19.9. The molecule has 1 aliphatic rings. The molecule has 4 rings (SSSR count). The molecule has 0 unspecified atom stereocenters. The molecule has 0 spiro atoms. The number of amides is 1. The summed E-state index contributed by atoms with van der Waals surface area (Å²) >= 11 is 0. The van der Waals surface area contributed by atoms with Crippen molar-refractivity contribution >= 4 is 16.8 Å². The summed E-state index contributed by atoms with van der Waals surface area (Å²) in [6.45, 7) is 1.03. The molecule has 35 heavy (non-hydrogen) atoms. The summed E-state index contributed by atoms with van der Waals surface area (Å²) in [4.78, 5) is 34.5. The number of hydrogen-bond acceptors (Lipinski definition) is 4. The van der Waals surface area contributed by atoms with Gasteiger partial charge in [-0.15, -0.1) is 0 Å². The molecule has 6 nitrogen and oxygen atoms in total. The van der Waals surface area contributed by atoms with Crippen molar-refractivity contribution in [2.24, 2.45) is 0 Å². The van der Waals surface area contributed by atoms with Crippen LogP contribution in [0.25, 0.3) is 10.9 Å². The van der Waals surface area contributed by atoms with Gasteiger partial charge in [0.15, 0.2) is 0 Å². The lowest BCUT2D eigenvalue weighted by Crippen LogP contribution is -2.36. The first-order chi connectivity index (χ1) is 16.6. The van der Waals surface area contributed by atoms with Crippen molar-refractivity contribution in [2.45, 2.75) is 44.4 Å². The number of benzene rings is 2. The first kappa shape index (κ1) is 24.9. The van der Waals surface area contributed by atoms with Gasteiger partial charge in [-0.25, -0.2) is 4.98 Å². The van der Waals surface area contributed by atoms with Crippen LogP contribution in [0.2, 0.25) is 0 Å². The van der Waals surface area contributed by atoms with Crippen LogP contribution in [0.5, 0.6) is 0 Å². The van der Waals surface area contributed by atoms with E-state index in [2.05, 4.69) is 4.98 Å². The van der Waals surface area contributed by atoms with E-state index in [0.29, 0.717) is 35.4 Å². The van der Waals surface area contributed by atoms with Crippen LogP contribution in [0.15, 0.2) is 53.3 Å². The summed E-state index contributed by atoms with van der Waals surface area (Å²) < 4.78 is 41.2. The van der Waals surface area contributed by atoms with Gasteiger partial charge < -0.3 is 9.80 Å². The second-order valence-electron chi connectivity index (χ2n) is 9.27. The van der Waals surface area contributed by atoms with Crippen molar-refractivity contribution < 1.29 is 18.0 Å². The van der Waals surface area contributed by atoms with Gasteiger partial charge in [-0.3, -0.25) is 14.2 Å². The third kappa shape index (κ3) is 6.08. The number of halogens is 3. The Bertz CT molecular complexity index is 1270. The van der Waals surface area contributed by atoms with E-state index in [9.17, 15) is 22.8 Å². The molecule has 3 aromatic rings. The standard InChI is InChI=1S/C26H29F3N4O2/c1-31(2)14-15-32(17-18-6-5-7-19(16-18)26(27,28)29)24(34)13-12-23-30-22-9-4-3-8-21(22)25(35)33(23)20-10-11-20/h3-9,16,20H,10-15,17H2,1-2H3. The summed E-state index contributed by atoms with van der Waals surface area (Å²) in [7, 11) is 3.75. The Morgan fingerprint density at radius 2 is 1.83 bits per heavy atom. The number of alkyl halides is 3. The van der Waals surface area contributed by atoms with Crippen LogP contribution in [0.4, 0.5) is 13.2 Å². The number of carbonyl (C=O) groups is 1. The molecule has 1 saturated carbocycles. The minimum Gasteiger partial charge on any atom is -0.337 e. The van der Waals surface area contributed by atoms with E-state index in [1.807, 2.05) is 31.1 Å². The average molecular weight is 487 g/mol. The summed E-state index contributed by atoms with van der Waals surface area (Å²) in [6.07, 6.45) is -2.22. The molecule has 1 aromatic heterocycles. The fraction of sp³-hybridized carbons (Fsp3) is 0.423. The second-order valence-corrected chi connectivity index (χ2v) is 9.27. The molecule has 0 atom stereocenters. The fourth-order valence-corrected chi connectivity index (χ4v) is 4.13. The maximum absolute atomic E-state index is 13.2.